The van der Waals surface area contributed by atoms with Gasteiger partial charge in [-0.05, 0) is 26.0 Å². The lowest BCUT2D eigenvalue weighted by Gasteiger charge is -2.10. The van der Waals surface area contributed by atoms with E-state index >= 15 is 0 Å². The molecule has 0 atom stereocenters. The van der Waals surface area contributed by atoms with E-state index < -0.39 is 0 Å². The van der Waals surface area contributed by atoms with E-state index in [0.717, 1.165) is 11.4 Å². The number of nitrogens with zero attached hydrogens (tertiary/aromatic N) is 5. The van der Waals surface area contributed by atoms with Crippen molar-refractivity contribution in [1.82, 2.24) is 25.7 Å². The van der Waals surface area contributed by atoms with Crippen LogP contribution < -0.4 is 10.2 Å². The van der Waals surface area contributed by atoms with Crippen molar-refractivity contribution in [3.63, 3.8) is 0 Å². The van der Waals surface area contributed by atoms with Crippen LogP contribution in [0.15, 0.2) is 21.7 Å². The summed E-state index contributed by atoms with van der Waals surface area (Å²) in [6, 6.07) is 3.67. The molecule has 0 saturated carbocycles. The van der Waals surface area contributed by atoms with Crippen molar-refractivity contribution < 1.29 is 9.15 Å². The van der Waals surface area contributed by atoms with E-state index in [1.165, 1.54) is 0 Å². The lowest BCUT2D eigenvalue weighted by atomic mass is 10.3. The second kappa shape index (κ2) is 5.88. The maximum atomic E-state index is 5.61. The van der Waals surface area contributed by atoms with E-state index in [0.29, 0.717) is 37.2 Å². The van der Waals surface area contributed by atoms with Crippen LogP contribution in [-0.4, -0.2) is 39.7 Å². The Balaban J connectivity index is 1.76. The van der Waals surface area contributed by atoms with Crippen molar-refractivity contribution in [2.24, 2.45) is 5.10 Å². The predicted molar refractivity (Wildman–Crippen MR) is 75.5 cm³/mol. The Morgan fingerprint density at radius 2 is 2.29 bits per heavy atom. The SMILES string of the molecule is CCOc1ccc(-c2nnc(CN3N=CCN3)o2)nc1C. The van der Waals surface area contributed by atoms with Crippen LogP contribution in [0.3, 0.4) is 0 Å². The number of hydrazone groups is 1. The van der Waals surface area contributed by atoms with Crippen molar-refractivity contribution in [3.8, 4) is 17.3 Å². The van der Waals surface area contributed by atoms with Gasteiger partial charge in [0.1, 0.15) is 18.0 Å². The molecule has 0 fully saturated rings. The number of pyridine rings is 1. The van der Waals surface area contributed by atoms with Crippen LogP contribution in [0.5, 0.6) is 5.75 Å². The molecule has 8 heteroatoms. The fourth-order valence-corrected chi connectivity index (χ4v) is 1.95. The molecule has 0 aromatic carbocycles. The minimum absolute atomic E-state index is 0.388. The van der Waals surface area contributed by atoms with Crippen LogP contribution >= 0.6 is 0 Å². The lowest BCUT2D eigenvalue weighted by molar-refractivity contribution is 0.200. The Bertz CT molecular complexity index is 654. The quantitative estimate of drug-likeness (QED) is 0.882. The van der Waals surface area contributed by atoms with Crippen LogP contribution in [0.2, 0.25) is 0 Å². The smallest absolute Gasteiger partial charge is 0.266 e. The van der Waals surface area contributed by atoms with Gasteiger partial charge in [-0.15, -0.1) is 10.2 Å². The number of ether oxygens (including phenoxy) is 1. The highest BCUT2D eigenvalue weighted by Gasteiger charge is 2.14. The second-order valence-electron chi connectivity index (χ2n) is 4.43. The average molecular weight is 288 g/mol. The number of aryl methyl sites for hydroxylation is 1. The van der Waals surface area contributed by atoms with E-state index in [1.807, 2.05) is 26.0 Å². The Labute approximate surface area is 121 Å². The van der Waals surface area contributed by atoms with Gasteiger partial charge >= 0.3 is 0 Å². The van der Waals surface area contributed by atoms with Crippen LogP contribution in [0.4, 0.5) is 0 Å². The number of aromatic nitrogens is 3. The van der Waals surface area contributed by atoms with Crippen molar-refractivity contribution in [2.75, 3.05) is 13.2 Å². The molecular formula is C13H16N6O2. The molecular weight excluding hydrogens is 272 g/mol. The molecule has 21 heavy (non-hydrogen) atoms. The van der Waals surface area contributed by atoms with Crippen molar-refractivity contribution in [2.45, 2.75) is 20.4 Å². The van der Waals surface area contributed by atoms with Gasteiger partial charge in [0, 0.05) is 6.21 Å². The van der Waals surface area contributed by atoms with Crippen LogP contribution in [0.1, 0.15) is 18.5 Å². The maximum absolute atomic E-state index is 5.61. The van der Waals surface area contributed by atoms with E-state index in [1.54, 1.807) is 11.3 Å². The molecule has 0 spiro atoms. The second-order valence-corrected chi connectivity index (χ2v) is 4.43. The molecule has 2 aromatic rings. The zero-order valence-corrected chi connectivity index (χ0v) is 11.9. The molecule has 1 N–H and O–H groups in total. The molecule has 0 saturated heterocycles. The molecule has 0 bridgehead atoms. The van der Waals surface area contributed by atoms with Gasteiger partial charge in [0.05, 0.1) is 18.8 Å². The normalized spacial score (nSPS) is 13.9. The standard InChI is InChI=1S/C13H16N6O2/c1-3-20-11-5-4-10(16-9(11)2)13-18-17-12(21-13)8-19-14-6-7-15-19/h4-6,15H,3,7-8H2,1-2H3. The minimum Gasteiger partial charge on any atom is -0.492 e. The Morgan fingerprint density at radius 3 is 3.00 bits per heavy atom. The average Bonchev–Trinajstić information content (AvgIpc) is 3.13. The summed E-state index contributed by atoms with van der Waals surface area (Å²) in [5.41, 5.74) is 4.46. The van der Waals surface area contributed by atoms with Crippen molar-refractivity contribution >= 4 is 6.21 Å². The zero-order chi connectivity index (χ0) is 14.7. The third kappa shape index (κ3) is 3.00. The molecule has 3 rings (SSSR count). The fraction of sp³-hybridized carbons (Fsp3) is 0.385. The highest BCUT2D eigenvalue weighted by molar-refractivity contribution is 5.60. The number of hydrogen-bond acceptors (Lipinski definition) is 8. The molecule has 0 unspecified atom stereocenters. The number of hydrazine groups is 1. The lowest BCUT2D eigenvalue weighted by Crippen LogP contribution is -2.28. The number of rotatable bonds is 5. The molecule has 2 aromatic heterocycles. The minimum atomic E-state index is 0.388. The monoisotopic (exact) mass is 288 g/mol. The third-order valence-corrected chi connectivity index (χ3v) is 2.89. The van der Waals surface area contributed by atoms with E-state index in [2.05, 4.69) is 25.7 Å². The van der Waals surface area contributed by atoms with Crippen LogP contribution in [-0.2, 0) is 6.54 Å². The van der Waals surface area contributed by atoms with Gasteiger partial charge in [-0.1, -0.05) is 0 Å². The van der Waals surface area contributed by atoms with E-state index in [4.69, 9.17) is 9.15 Å². The fourth-order valence-electron chi connectivity index (χ4n) is 1.95. The summed E-state index contributed by atoms with van der Waals surface area (Å²) in [6.45, 7) is 5.55. The topological polar surface area (TPSA) is 88.7 Å². The van der Waals surface area contributed by atoms with Gasteiger partial charge in [0.25, 0.3) is 5.89 Å². The highest BCUT2D eigenvalue weighted by Crippen LogP contribution is 2.22. The summed E-state index contributed by atoms with van der Waals surface area (Å²) < 4.78 is 11.1. The van der Waals surface area contributed by atoms with Gasteiger partial charge in [0.2, 0.25) is 5.89 Å². The molecule has 0 aliphatic carbocycles. The maximum Gasteiger partial charge on any atom is 0.266 e. The summed E-state index contributed by atoms with van der Waals surface area (Å²) in [6.07, 6.45) is 1.77. The van der Waals surface area contributed by atoms with Gasteiger partial charge in [-0.3, -0.25) is 0 Å². The van der Waals surface area contributed by atoms with Crippen molar-refractivity contribution in [3.05, 3.63) is 23.7 Å². The summed E-state index contributed by atoms with van der Waals surface area (Å²) in [4.78, 5) is 4.43. The molecule has 1 aliphatic heterocycles. The molecule has 110 valence electrons. The van der Waals surface area contributed by atoms with Crippen LogP contribution in [0, 0.1) is 6.92 Å². The predicted octanol–water partition coefficient (Wildman–Crippen LogP) is 1.14. The molecule has 0 amide bonds. The Morgan fingerprint density at radius 1 is 1.38 bits per heavy atom. The highest BCUT2D eigenvalue weighted by atomic mass is 16.5. The van der Waals surface area contributed by atoms with Gasteiger partial charge in [-0.2, -0.15) is 5.10 Å². The Kier molecular flexibility index (Phi) is 3.78. The first-order valence-corrected chi connectivity index (χ1v) is 6.73. The number of nitrogens with one attached hydrogen (secondary N) is 1. The summed E-state index contributed by atoms with van der Waals surface area (Å²) >= 11 is 0. The first-order chi connectivity index (χ1) is 10.3. The third-order valence-electron chi connectivity index (χ3n) is 2.89. The number of hydrogen-bond donors (Lipinski definition) is 1. The van der Waals surface area contributed by atoms with Crippen LogP contribution in [0.25, 0.3) is 11.6 Å². The van der Waals surface area contributed by atoms with E-state index in [9.17, 15) is 0 Å². The first kappa shape index (κ1) is 13.5. The molecule has 3 heterocycles. The molecule has 8 nitrogen and oxygen atoms in total. The van der Waals surface area contributed by atoms with E-state index in [-0.39, 0.29) is 0 Å². The van der Waals surface area contributed by atoms with Crippen molar-refractivity contribution in [1.29, 1.82) is 0 Å². The van der Waals surface area contributed by atoms with Gasteiger partial charge in [-0.25, -0.2) is 15.5 Å². The Hall–Kier alpha value is -2.48. The first-order valence-electron chi connectivity index (χ1n) is 6.73. The summed E-state index contributed by atoms with van der Waals surface area (Å²) in [5.74, 6) is 1.63. The largest absolute Gasteiger partial charge is 0.492 e. The molecule has 0 radical (unpaired) electrons. The molecule has 1 aliphatic rings. The summed E-state index contributed by atoms with van der Waals surface area (Å²) in [7, 11) is 0. The van der Waals surface area contributed by atoms with Gasteiger partial charge < -0.3 is 9.15 Å². The summed E-state index contributed by atoms with van der Waals surface area (Å²) in [5, 5.41) is 13.8. The zero-order valence-electron chi connectivity index (χ0n) is 11.9. The van der Waals surface area contributed by atoms with Gasteiger partial charge in [0.15, 0.2) is 0 Å².